The molecule has 1 saturated heterocycles. The minimum Gasteiger partial charge on any atom is -0.393 e. The third kappa shape index (κ3) is 3.29. The molecule has 3 N–H and O–H groups in total. The first kappa shape index (κ1) is 14.4. The van der Waals surface area contributed by atoms with Crippen LogP contribution in [0.2, 0.25) is 0 Å². The number of likely N-dealkylation sites (tertiary alicyclic amines) is 1. The predicted octanol–water partition coefficient (Wildman–Crippen LogP) is 1.66. The van der Waals surface area contributed by atoms with Crippen molar-refractivity contribution in [1.82, 2.24) is 4.90 Å². The van der Waals surface area contributed by atoms with Gasteiger partial charge in [0.25, 0.3) is 0 Å². The molecule has 19 heavy (non-hydrogen) atoms. The highest BCUT2D eigenvalue weighted by Gasteiger charge is 2.26. The van der Waals surface area contributed by atoms with Gasteiger partial charge in [-0.25, -0.2) is 4.39 Å². The van der Waals surface area contributed by atoms with Gasteiger partial charge in [-0.1, -0.05) is 24.4 Å². The van der Waals surface area contributed by atoms with Gasteiger partial charge in [-0.05, 0) is 31.9 Å². The third-order valence-corrected chi connectivity index (χ3v) is 3.95. The zero-order valence-electron chi connectivity index (χ0n) is 11.0. The van der Waals surface area contributed by atoms with Gasteiger partial charge < -0.3 is 10.8 Å². The Bertz CT molecular complexity index is 479. The second kappa shape index (κ2) is 5.94. The van der Waals surface area contributed by atoms with Crippen LogP contribution in [0, 0.1) is 11.7 Å². The minimum absolute atomic E-state index is 0.0858. The van der Waals surface area contributed by atoms with Crippen molar-refractivity contribution in [3.63, 3.8) is 0 Å². The van der Waals surface area contributed by atoms with Gasteiger partial charge in [0.05, 0.1) is 6.10 Å². The molecule has 5 heteroatoms. The molecule has 1 aromatic rings. The third-order valence-electron chi connectivity index (χ3n) is 3.73. The average Bonchev–Trinajstić information content (AvgIpc) is 2.80. The molecule has 0 saturated carbocycles. The van der Waals surface area contributed by atoms with E-state index in [1.54, 1.807) is 18.2 Å². The lowest BCUT2D eigenvalue weighted by Crippen LogP contribution is -2.24. The van der Waals surface area contributed by atoms with E-state index in [0.717, 1.165) is 19.5 Å². The van der Waals surface area contributed by atoms with Gasteiger partial charge in [-0.3, -0.25) is 4.90 Å². The zero-order valence-corrected chi connectivity index (χ0v) is 11.8. The Morgan fingerprint density at radius 3 is 2.95 bits per heavy atom. The van der Waals surface area contributed by atoms with Crippen LogP contribution in [-0.4, -0.2) is 34.2 Å². The molecule has 0 spiro atoms. The summed E-state index contributed by atoms with van der Waals surface area (Å²) in [5.74, 6) is -0.0441. The lowest BCUT2D eigenvalue weighted by atomic mass is 10.0. The number of nitrogens with zero attached hydrogens (tertiary/aromatic N) is 1. The molecule has 0 bridgehead atoms. The first-order chi connectivity index (χ1) is 8.99. The molecule has 1 fully saturated rings. The molecule has 1 aliphatic heterocycles. The summed E-state index contributed by atoms with van der Waals surface area (Å²) in [5, 5.41) is 9.57. The molecule has 3 nitrogen and oxygen atoms in total. The molecule has 1 aromatic carbocycles. The van der Waals surface area contributed by atoms with E-state index in [1.807, 2.05) is 6.92 Å². The van der Waals surface area contributed by atoms with Gasteiger partial charge >= 0.3 is 0 Å². The van der Waals surface area contributed by atoms with Crippen molar-refractivity contribution in [1.29, 1.82) is 0 Å². The number of aliphatic hydroxyl groups is 1. The van der Waals surface area contributed by atoms with Crippen molar-refractivity contribution in [3.05, 3.63) is 35.1 Å². The Kier molecular flexibility index (Phi) is 4.50. The topological polar surface area (TPSA) is 49.5 Å². The molecule has 1 heterocycles. The van der Waals surface area contributed by atoms with E-state index in [1.165, 1.54) is 0 Å². The van der Waals surface area contributed by atoms with Crippen LogP contribution in [0.25, 0.3) is 0 Å². The van der Waals surface area contributed by atoms with E-state index in [4.69, 9.17) is 18.0 Å². The maximum Gasteiger partial charge on any atom is 0.137 e. The van der Waals surface area contributed by atoms with Gasteiger partial charge in [0, 0.05) is 24.2 Å². The number of thiocarbonyl (C=S) groups is 1. The maximum absolute atomic E-state index is 14.2. The summed E-state index contributed by atoms with van der Waals surface area (Å²) in [7, 11) is 0. The number of hydrogen-bond acceptors (Lipinski definition) is 3. The van der Waals surface area contributed by atoms with Crippen LogP contribution in [0.4, 0.5) is 4.39 Å². The fourth-order valence-electron chi connectivity index (χ4n) is 2.53. The Morgan fingerprint density at radius 1 is 1.63 bits per heavy atom. The van der Waals surface area contributed by atoms with E-state index in [-0.39, 0.29) is 22.8 Å². The Balaban J connectivity index is 2.08. The normalized spacial score (nSPS) is 21.5. The summed E-state index contributed by atoms with van der Waals surface area (Å²) in [6.45, 7) is 4.02. The largest absolute Gasteiger partial charge is 0.393 e. The average molecular weight is 282 g/mol. The molecule has 0 amide bonds. The SMILES string of the molecule is CC(O)C1CCN(Cc2cccc(C(N)=S)c2F)C1. The monoisotopic (exact) mass is 282 g/mol. The first-order valence-electron chi connectivity index (χ1n) is 6.46. The molecule has 2 atom stereocenters. The molecule has 0 aliphatic carbocycles. The van der Waals surface area contributed by atoms with Gasteiger partial charge in [0.1, 0.15) is 10.8 Å². The number of aliphatic hydroxyl groups excluding tert-OH is 1. The van der Waals surface area contributed by atoms with Crippen LogP contribution in [0.15, 0.2) is 18.2 Å². The molecule has 0 radical (unpaired) electrons. The van der Waals surface area contributed by atoms with Crippen LogP contribution in [0.1, 0.15) is 24.5 Å². The van der Waals surface area contributed by atoms with E-state index >= 15 is 0 Å². The van der Waals surface area contributed by atoms with Gasteiger partial charge in [-0.2, -0.15) is 0 Å². The van der Waals surface area contributed by atoms with Crippen LogP contribution < -0.4 is 5.73 Å². The summed E-state index contributed by atoms with van der Waals surface area (Å²) in [5.41, 5.74) is 6.41. The Morgan fingerprint density at radius 2 is 2.37 bits per heavy atom. The predicted molar refractivity (Wildman–Crippen MR) is 77.4 cm³/mol. The molecule has 2 unspecified atom stereocenters. The second-order valence-electron chi connectivity index (χ2n) is 5.17. The molecular formula is C14H19FN2OS. The highest BCUT2D eigenvalue weighted by atomic mass is 32.1. The first-order valence-corrected chi connectivity index (χ1v) is 6.87. The van der Waals surface area contributed by atoms with Crippen LogP contribution >= 0.6 is 12.2 Å². The molecular weight excluding hydrogens is 263 g/mol. The molecule has 0 aromatic heterocycles. The van der Waals surface area contributed by atoms with Crippen molar-refractivity contribution in [2.45, 2.75) is 26.0 Å². The lowest BCUT2D eigenvalue weighted by Gasteiger charge is -2.18. The molecule has 104 valence electrons. The standard InChI is InChI=1S/C14H19FN2OS/c1-9(18)10-5-6-17(7-10)8-11-3-2-4-12(13(11)15)14(16)19/h2-4,9-10,18H,5-8H2,1H3,(H2,16,19). The van der Waals surface area contributed by atoms with Crippen LogP contribution in [0.3, 0.4) is 0 Å². The van der Waals surface area contributed by atoms with Gasteiger partial charge in [-0.15, -0.1) is 0 Å². The highest BCUT2D eigenvalue weighted by Crippen LogP contribution is 2.23. The van der Waals surface area contributed by atoms with Crippen molar-refractivity contribution < 1.29 is 9.50 Å². The van der Waals surface area contributed by atoms with Gasteiger partial charge in [0.15, 0.2) is 0 Å². The summed E-state index contributed by atoms with van der Waals surface area (Å²) in [6.07, 6.45) is 0.645. The number of rotatable bonds is 4. The van der Waals surface area contributed by atoms with Crippen molar-refractivity contribution in [2.75, 3.05) is 13.1 Å². The smallest absolute Gasteiger partial charge is 0.137 e. The summed E-state index contributed by atoms with van der Waals surface area (Å²) in [4.78, 5) is 2.24. The lowest BCUT2D eigenvalue weighted by molar-refractivity contribution is 0.127. The fourth-order valence-corrected chi connectivity index (χ4v) is 2.69. The minimum atomic E-state index is -0.324. The van der Waals surface area contributed by atoms with Crippen LogP contribution in [0.5, 0.6) is 0 Å². The number of nitrogens with two attached hydrogens (primary N) is 1. The summed E-state index contributed by atoms with van der Waals surface area (Å²) >= 11 is 4.84. The summed E-state index contributed by atoms with van der Waals surface area (Å²) in [6, 6.07) is 5.13. The number of benzene rings is 1. The van der Waals surface area contributed by atoms with E-state index in [0.29, 0.717) is 17.7 Å². The highest BCUT2D eigenvalue weighted by molar-refractivity contribution is 7.80. The molecule has 2 rings (SSSR count). The van der Waals surface area contributed by atoms with Crippen molar-refractivity contribution in [2.24, 2.45) is 11.7 Å². The quantitative estimate of drug-likeness (QED) is 0.825. The maximum atomic E-state index is 14.2. The number of hydrogen-bond donors (Lipinski definition) is 2. The second-order valence-corrected chi connectivity index (χ2v) is 5.61. The summed E-state index contributed by atoms with van der Waals surface area (Å²) < 4.78 is 14.2. The van der Waals surface area contributed by atoms with Gasteiger partial charge in [0.2, 0.25) is 0 Å². The van der Waals surface area contributed by atoms with E-state index in [2.05, 4.69) is 4.90 Å². The Hall–Kier alpha value is -1.04. The fraction of sp³-hybridized carbons (Fsp3) is 0.500. The van der Waals surface area contributed by atoms with Crippen molar-refractivity contribution >= 4 is 17.2 Å². The zero-order chi connectivity index (χ0) is 14.0. The number of halogens is 1. The van der Waals surface area contributed by atoms with Crippen molar-refractivity contribution in [3.8, 4) is 0 Å². The molecule has 1 aliphatic rings. The Labute approximate surface area is 118 Å². The van der Waals surface area contributed by atoms with E-state index in [9.17, 15) is 9.50 Å². The van der Waals surface area contributed by atoms with E-state index < -0.39 is 0 Å². The van der Waals surface area contributed by atoms with Crippen LogP contribution in [-0.2, 0) is 6.54 Å².